The first-order valence-corrected chi connectivity index (χ1v) is 7.34. The van der Waals surface area contributed by atoms with Gasteiger partial charge in [0.1, 0.15) is 6.10 Å². The van der Waals surface area contributed by atoms with Gasteiger partial charge >= 0.3 is 18.0 Å². The van der Waals surface area contributed by atoms with Crippen LogP contribution >= 0.6 is 0 Å². The molecule has 0 spiro atoms. The fourth-order valence-corrected chi connectivity index (χ4v) is 2.66. The van der Waals surface area contributed by atoms with Crippen LogP contribution < -0.4 is 4.74 Å². The Morgan fingerprint density at radius 1 is 0.769 bits per heavy atom. The number of nitrogens with zero attached hydrogens (tertiary/aromatic N) is 1. The topological polar surface area (TPSA) is 22.1 Å². The van der Waals surface area contributed by atoms with Crippen molar-refractivity contribution < 1.29 is 48.6 Å². The smallest absolute Gasteiger partial charge is 0.436 e. The molecule has 0 atom stereocenters. The summed E-state index contributed by atoms with van der Waals surface area (Å²) in [6.45, 7) is 0. The maximum Gasteiger partial charge on any atom is 0.436 e. The van der Waals surface area contributed by atoms with Crippen LogP contribution in [0.4, 0.5) is 43.9 Å². The van der Waals surface area contributed by atoms with Crippen molar-refractivity contribution in [3.8, 4) is 5.88 Å². The van der Waals surface area contributed by atoms with Crippen molar-refractivity contribution in [2.24, 2.45) is 0 Å². The molecule has 12 heteroatoms. The first-order valence-electron chi connectivity index (χ1n) is 7.34. The van der Waals surface area contributed by atoms with Gasteiger partial charge in [0, 0.05) is 0 Å². The lowest BCUT2D eigenvalue weighted by Gasteiger charge is -2.31. The number of pyridine rings is 1. The second-order valence-corrected chi connectivity index (χ2v) is 5.74. The molecule has 0 aliphatic heterocycles. The lowest BCUT2D eigenvalue weighted by molar-refractivity contribution is -0.350. The molecule has 0 amide bonds. The summed E-state index contributed by atoms with van der Waals surface area (Å²) in [7, 11) is 0. The van der Waals surface area contributed by atoms with Gasteiger partial charge in [-0.3, -0.25) is 0 Å². The van der Waals surface area contributed by atoms with Crippen molar-refractivity contribution in [3.05, 3.63) is 23.1 Å². The van der Waals surface area contributed by atoms with E-state index in [-0.39, 0.29) is 12.8 Å². The molecular weight excluding hydrogens is 388 g/mol. The van der Waals surface area contributed by atoms with Crippen LogP contribution in [0.25, 0.3) is 0 Å². The molecule has 2 rings (SSSR count). The molecule has 0 unspecified atom stereocenters. The largest absolute Gasteiger partial charge is 0.472 e. The Morgan fingerprint density at radius 3 is 1.73 bits per heavy atom. The molecule has 1 aliphatic rings. The monoisotopic (exact) mass is 399 g/mol. The summed E-state index contributed by atoms with van der Waals surface area (Å²) >= 11 is 0. The fraction of sp³-hybridized carbons (Fsp3) is 0.643. The van der Waals surface area contributed by atoms with Crippen molar-refractivity contribution in [2.45, 2.75) is 56.2 Å². The predicted molar refractivity (Wildman–Crippen MR) is 66.5 cm³/mol. The zero-order valence-corrected chi connectivity index (χ0v) is 12.7. The number of rotatable bonds is 3. The molecule has 2 nitrogen and oxygen atoms in total. The van der Waals surface area contributed by atoms with Crippen LogP contribution in [0.1, 0.15) is 37.7 Å². The standard InChI is InChI=1S/C14H11F10NO/c15-8-7(12(18,13(19,20)21)14(22,23)24)9(16)11(25-10(8)17)26-6-4-2-1-3-5-6/h6H,1-5H2. The third kappa shape index (κ3) is 3.41. The van der Waals surface area contributed by atoms with Gasteiger partial charge in [-0.1, -0.05) is 6.42 Å². The first kappa shape index (κ1) is 20.6. The zero-order valence-electron chi connectivity index (χ0n) is 12.7. The van der Waals surface area contributed by atoms with Crippen LogP contribution in [0.15, 0.2) is 0 Å². The van der Waals surface area contributed by atoms with Gasteiger partial charge in [-0.15, -0.1) is 0 Å². The van der Waals surface area contributed by atoms with Gasteiger partial charge in [0.15, 0.2) is 11.6 Å². The summed E-state index contributed by atoms with van der Waals surface area (Å²) in [5, 5.41) is 0. The molecule has 1 aromatic heterocycles. The van der Waals surface area contributed by atoms with Crippen molar-refractivity contribution in [3.63, 3.8) is 0 Å². The Bertz CT molecular complexity index is 649. The highest BCUT2D eigenvalue weighted by molar-refractivity contribution is 5.34. The van der Waals surface area contributed by atoms with Crippen molar-refractivity contribution in [1.29, 1.82) is 0 Å². The van der Waals surface area contributed by atoms with Crippen LogP contribution in [-0.4, -0.2) is 23.4 Å². The first-order chi connectivity index (χ1) is 11.8. The van der Waals surface area contributed by atoms with E-state index in [1.165, 1.54) is 0 Å². The number of aromatic nitrogens is 1. The Morgan fingerprint density at radius 2 is 1.27 bits per heavy atom. The molecule has 1 saturated carbocycles. The van der Waals surface area contributed by atoms with Gasteiger partial charge < -0.3 is 4.74 Å². The molecular formula is C14H11F10NO. The minimum Gasteiger partial charge on any atom is -0.472 e. The minimum atomic E-state index is -6.82. The van der Waals surface area contributed by atoms with Crippen molar-refractivity contribution >= 4 is 0 Å². The minimum absolute atomic E-state index is 0.245. The SMILES string of the molecule is Fc1nc(OC2CCCCC2)c(F)c(C(F)(C(F)(F)F)C(F)(F)F)c1F. The highest BCUT2D eigenvalue weighted by atomic mass is 19.4. The summed E-state index contributed by atoms with van der Waals surface area (Å²) in [5.74, 6) is -9.91. The second-order valence-electron chi connectivity index (χ2n) is 5.74. The van der Waals surface area contributed by atoms with Gasteiger partial charge in [0.05, 0.1) is 5.56 Å². The van der Waals surface area contributed by atoms with Crippen LogP contribution in [0.2, 0.25) is 0 Å². The maximum absolute atomic E-state index is 14.2. The molecule has 0 aromatic carbocycles. The lowest BCUT2D eigenvalue weighted by Crippen LogP contribution is -2.51. The van der Waals surface area contributed by atoms with E-state index < -0.39 is 53.2 Å². The quantitative estimate of drug-likeness (QED) is 0.495. The Balaban J connectivity index is 2.63. The molecule has 148 valence electrons. The fourth-order valence-electron chi connectivity index (χ4n) is 2.66. The highest BCUT2D eigenvalue weighted by Crippen LogP contribution is 2.55. The van der Waals surface area contributed by atoms with E-state index in [1.54, 1.807) is 0 Å². The summed E-state index contributed by atoms with van der Waals surface area (Å²) in [4.78, 5) is 2.56. The third-order valence-corrected chi connectivity index (χ3v) is 3.96. The van der Waals surface area contributed by atoms with Gasteiger partial charge in [0.25, 0.3) is 11.8 Å². The van der Waals surface area contributed by atoms with Gasteiger partial charge in [-0.25, -0.2) is 13.2 Å². The average Bonchev–Trinajstić information content (AvgIpc) is 2.51. The number of halogens is 10. The molecule has 0 bridgehead atoms. The molecule has 0 saturated heterocycles. The molecule has 1 aromatic rings. The van der Waals surface area contributed by atoms with E-state index in [1.807, 2.05) is 0 Å². The van der Waals surface area contributed by atoms with Crippen LogP contribution in [0, 0.1) is 17.6 Å². The number of ether oxygens (including phenoxy) is 1. The molecule has 0 N–H and O–H groups in total. The van der Waals surface area contributed by atoms with E-state index in [2.05, 4.69) is 4.98 Å². The van der Waals surface area contributed by atoms with Crippen LogP contribution in [-0.2, 0) is 5.67 Å². The van der Waals surface area contributed by atoms with Crippen molar-refractivity contribution in [1.82, 2.24) is 4.98 Å². The lowest BCUT2D eigenvalue weighted by atomic mass is 9.93. The van der Waals surface area contributed by atoms with E-state index >= 15 is 0 Å². The van der Waals surface area contributed by atoms with Gasteiger partial charge in [0.2, 0.25) is 0 Å². The zero-order chi connectivity index (χ0) is 19.9. The third-order valence-electron chi connectivity index (χ3n) is 3.96. The Labute approximate surface area is 140 Å². The number of alkyl halides is 7. The van der Waals surface area contributed by atoms with Crippen molar-refractivity contribution in [2.75, 3.05) is 0 Å². The summed E-state index contributed by atoms with van der Waals surface area (Å²) < 4.78 is 137. The molecule has 1 fully saturated rings. The van der Waals surface area contributed by atoms with E-state index in [0.717, 1.165) is 6.42 Å². The Kier molecular flexibility index (Phi) is 5.35. The molecule has 26 heavy (non-hydrogen) atoms. The van der Waals surface area contributed by atoms with Crippen LogP contribution in [0.3, 0.4) is 0 Å². The maximum atomic E-state index is 14.2. The highest BCUT2D eigenvalue weighted by Gasteiger charge is 2.76. The second kappa shape index (κ2) is 6.76. The van der Waals surface area contributed by atoms with E-state index in [4.69, 9.17) is 4.74 Å². The predicted octanol–water partition coefficient (Wildman–Crippen LogP) is 5.50. The van der Waals surface area contributed by atoms with E-state index in [9.17, 15) is 43.9 Å². The normalized spacial score (nSPS) is 17.5. The molecule has 1 heterocycles. The molecule has 1 aliphatic carbocycles. The van der Waals surface area contributed by atoms with Gasteiger partial charge in [-0.05, 0) is 25.7 Å². The van der Waals surface area contributed by atoms with Crippen LogP contribution in [0.5, 0.6) is 5.88 Å². The van der Waals surface area contributed by atoms with Gasteiger partial charge in [-0.2, -0.15) is 35.7 Å². The summed E-state index contributed by atoms with van der Waals surface area (Å²) in [6.07, 6.45) is -12.2. The Hall–Kier alpha value is -1.75. The number of hydrogen-bond acceptors (Lipinski definition) is 2. The summed E-state index contributed by atoms with van der Waals surface area (Å²) in [5.41, 5.74) is -9.67. The summed E-state index contributed by atoms with van der Waals surface area (Å²) in [6, 6.07) is 0. The number of hydrogen-bond donors (Lipinski definition) is 0. The molecule has 0 radical (unpaired) electrons. The average molecular weight is 399 g/mol. The van der Waals surface area contributed by atoms with E-state index in [0.29, 0.717) is 12.8 Å².